The predicted octanol–water partition coefficient (Wildman–Crippen LogP) is 4.92. The maximum Gasteiger partial charge on any atom is 0.264 e. The van der Waals surface area contributed by atoms with Crippen LogP contribution < -0.4 is 14.4 Å². The van der Waals surface area contributed by atoms with E-state index in [4.69, 9.17) is 16.3 Å². The van der Waals surface area contributed by atoms with Crippen LogP contribution in [0, 0.1) is 0 Å². The first-order valence-electron chi connectivity index (χ1n) is 13.2. The SMILES string of the molecule is CCCNC(=O)[C@H](CC)N(CCc1ccccc1)C(=O)CN(c1ccc(OC)c(Cl)c1)S(=O)(=O)c1ccccc1. The largest absolute Gasteiger partial charge is 0.495 e. The number of halogens is 1. The van der Waals surface area contributed by atoms with Gasteiger partial charge in [0, 0.05) is 13.1 Å². The molecule has 40 heavy (non-hydrogen) atoms. The van der Waals surface area contributed by atoms with Crippen molar-refractivity contribution in [2.24, 2.45) is 0 Å². The third-order valence-corrected chi connectivity index (χ3v) is 8.54. The normalized spacial score (nSPS) is 11.9. The average molecular weight is 586 g/mol. The molecule has 0 saturated carbocycles. The summed E-state index contributed by atoms with van der Waals surface area (Å²) in [4.78, 5) is 28.6. The first-order chi connectivity index (χ1) is 19.2. The summed E-state index contributed by atoms with van der Waals surface area (Å²) in [6, 6.07) is 21.3. The summed E-state index contributed by atoms with van der Waals surface area (Å²) in [6.07, 6.45) is 1.63. The number of nitrogens with one attached hydrogen (secondary N) is 1. The number of hydrogen-bond donors (Lipinski definition) is 1. The highest BCUT2D eigenvalue weighted by atomic mass is 35.5. The zero-order chi connectivity index (χ0) is 29.1. The van der Waals surface area contributed by atoms with Crippen LogP contribution in [-0.2, 0) is 26.0 Å². The number of carbonyl (C=O) groups is 2. The van der Waals surface area contributed by atoms with Crippen molar-refractivity contribution >= 4 is 39.1 Å². The number of rotatable bonds is 14. The molecule has 0 fully saturated rings. The summed E-state index contributed by atoms with van der Waals surface area (Å²) in [6.45, 7) is 3.98. The zero-order valence-corrected chi connectivity index (χ0v) is 24.6. The molecular weight excluding hydrogens is 550 g/mol. The Hall–Kier alpha value is -3.56. The number of methoxy groups -OCH3 is 1. The summed E-state index contributed by atoms with van der Waals surface area (Å²) in [5.74, 6) is -0.395. The molecule has 0 saturated heterocycles. The monoisotopic (exact) mass is 585 g/mol. The number of anilines is 1. The second-order valence-corrected chi connectivity index (χ2v) is 11.5. The molecule has 2 amide bonds. The molecule has 214 valence electrons. The van der Waals surface area contributed by atoms with E-state index in [9.17, 15) is 18.0 Å². The highest BCUT2D eigenvalue weighted by Crippen LogP contribution is 2.32. The van der Waals surface area contributed by atoms with Crippen LogP contribution >= 0.6 is 11.6 Å². The van der Waals surface area contributed by atoms with Gasteiger partial charge in [0.1, 0.15) is 18.3 Å². The summed E-state index contributed by atoms with van der Waals surface area (Å²) < 4.78 is 34.0. The Morgan fingerprint density at radius 1 is 0.975 bits per heavy atom. The van der Waals surface area contributed by atoms with Crippen LogP contribution in [0.15, 0.2) is 83.8 Å². The number of nitrogens with zero attached hydrogens (tertiary/aromatic N) is 2. The van der Waals surface area contributed by atoms with Crippen molar-refractivity contribution in [1.82, 2.24) is 10.2 Å². The Kier molecular flexibility index (Phi) is 11.4. The second-order valence-electron chi connectivity index (χ2n) is 9.18. The minimum absolute atomic E-state index is 0.0262. The Morgan fingerprint density at radius 2 is 1.62 bits per heavy atom. The fourth-order valence-corrected chi connectivity index (χ4v) is 6.00. The molecule has 0 spiro atoms. The molecule has 8 nitrogen and oxygen atoms in total. The molecule has 1 N–H and O–H groups in total. The van der Waals surface area contributed by atoms with Gasteiger partial charge in [0.25, 0.3) is 10.0 Å². The van der Waals surface area contributed by atoms with Crippen LogP contribution in [0.25, 0.3) is 0 Å². The van der Waals surface area contributed by atoms with Gasteiger partial charge in [-0.05, 0) is 55.2 Å². The van der Waals surface area contributed by atoms with Crippen LogP contribution in [0.1, 0.15) is 32.3 Å². The summed E-state index contributed by atoms with van der Waals surface area (Å²) >= 11 is 6.35. The van der Waals surface area contributed by atoms with Gasteiger partial charge in [0.15, 0.2) is 0 Å². The van der Waals surface area contributed by atoms with Crippen molar-refractivity contribution < 1.29 is 22.7 Å². The zero-order valence-electron chi connectivity index (χ0n) is 23.0. The Balaban J connectivity index is 2.02. The van der Waals surface area contributed by atoms with E-state index in [0.717, 1.165) is 16.3 Å². The maximum atomic E-state index is 14.0. The topological polar surface area (TPSA) is 96.0 Å². The lowest BCUT2D eigenvalue weighted by Gasteiger charge is -2.33. The van der Waals surface area contributed by atoms with Gasteiger partial charge < -0.3 is 15.0 Å². The molecule has 0 bridgehead atoms. The van der Waals surface area contributed by atoms with Gasteiger partial charge in [0.05, 0.1) is 22.7 Å². The van der Waals surface area contributed by atoms with Crippen molar-refractivity contribution in [2.75, 3.05) is 31.0 Å². The molecule has 3 aromatic carbocycles. The summed E-state index contributed by atoms with van der Waals surface area (Å²) in [5, 5.41) is 3.08. The van der Waals surface area contributed by atoms with E-state index in [1.807, 2.05) is 44.2 Å². The maximum absolute atomic E-state index is 14.0. The molecule has 3 aromatic rings. The van der Waals surface area contributed by atoms with Crippen LogP contribution in [0.4, 0.5) is 5.69 Å². The first-order valence-corrected chi connectivity index (χ1v) is 15.1. The predicted molar refractivity (Wildman–Crippen MR) is 158 cm³/mol. The molecule has 0 unspecified atom stereocenters. The van der Waals surface area contributed by atoms with Gasteiger partial charge in [-0.25, -0.2) is 8.42 Å². The molecule has 3 rings (SSSR count). The molecule has 0 radical (unpaired) electrons. The molecule has 0 aliphatic heterocycles. The summed E-state index contributed by atoms with van der Waals surface area (Å²) in [7, 11) is -2.71. The van der Waals surface area contributed by atoms with E-state index in [1.54, 1.807) is 24.3 Å². The third kappa shape index (κ3) is 7.76. The smallest absolute Gasteiger partial charge is 0.264 e. The third-order valence-electron chi connectivity index (χ3n) is 6.45. The van der Waals surface area contributed by atoms with E-state index in [1.165, 1.54) is 36.3 Å². The van der Waals surface area contributed by atoms with Gasteiger partial charge >= 0.3 is 0 Å². The number of carbonyl (C=O) groups excluding carboxylic acids is 2. The fraction of sp³-hybridized carbons (Fsp3) is 0.333. The quantitative estimate of drug-likeness (QED) is 0.290. The van der Waals surface area contributed by atoms with Gasteiger partial charge in [-0.1, -0.05) is 74.0 Å². The van der Waals surface area contributed by atoms with Crippen LogP contribution in [0.3, 0.4) is 0 Å². The Morgan fingerprint density at radius 3 is 2.20 bits per heavy atom. The highest BCUT2D eigenvalue weighted by molar-refractivity contribution is 7.92. The van der Waals surface area contributed by atoms with Crippen molar-refractivity contribution in [3.05, 3.63) is 89.4 Å². The fourth-order valence-electron chi connectivity index (χ4n) is 4.32. The van der Waals surface area contributed by atoms with Gasteiger partial charge in [-0.2, -0.15) is 0 Å². The van der Waals surface area contributed by atoms with E-state index >= 15 is 0 Å². The van der Waals surface area contributed by atoms with E-state index in [-0.39, 0.29) is 28.1 Å². The molecule has 0 aromatic heterocycles. The molecule has 0 aliphatic carbocycles. The number of sulfonamides is 1. The van der Waals surface area contributed by atoms with Crippen molar-refractivity contribution in [3.8, 4) is 5.75 Å². The number of amides is 2. The van der Waals surface area contributed by atoms with E-state index in [0.29, 0.717) is 25.1 Å². The van der Waals surface area contributed by atoms with Crippen LogP contribution in [0.2, 0.25) is 5.02 Å². The van der Waals surface area contributed by atoms with Crippen LogP contribution in [-0.4, -0.2) is 57.9 Å². The van der Waals surface area contributed by atoms with E-state index in [2.05, 4.69) is 5.32 Å². The molecule has 0 aliphatic rings. The lowest BCUT2D eigenvalue weighted by molar-refractivity contribution is -0.139. The average Bonchev–Trinajstić information content (AvgIpc) is 2.97. The molecule has 10 heteroatoms. The minimum Gasteiger partial charge on any atom is -0.495 e. The molecule has 0 heterocycles. The van der Waals surface area contributed by atoms with E-state index < -0.39 is 28.5 Å². The van der Waals surface area contributed by atoms with Gasteiger partial charge in [-0.3, -0.25) is 13.9 Å². The lowest BCUT2D eigenvalue weighted by Crippen LogP contribution is -2.53. The van der Waals surface area contributed by atoms with Crippen molar-refractivity contribution in [3.63, 3.8) is 0 Å². The lowest BCUT2D eigenvalue weighted by atomic mass is 10.1. The summed E-state index contributed by atoms with van der Waals surface area (Å²) in [5.41, 5.74) is 1.20. The molecular formula is C30H36ClN3O5S. The van der Waals surface area contributed by atoms with Crippen LogP contribution in [0.5, 0.6) is 5.75 Å². The van der Waals surface area contributed by atoms with Gasteiger partial charge in [-0.15, -0.1) is 0 Å². The van der Waals surface area contributed by atoms with Crippen molar-refractivity contribution in [2.45, 2.75) is 44.0 Å². The number of ether oxygens (including phenoxy) is 1. The number of hydrogen-bond acceptors (Lipinski definition) is 5. The Labute approximate surface area is 241 Å². The number of benzene rings is 3. The van der Waals surface area contributed by atoms with Gasteiger partial charge in [0.2, 0.25) is 11.8 Å². The Bertz CT molecular complexity index is 1370. The van der Waals surface area contributed by atoms with Crippen molar-refractivity contribution in [1.29, 1.82) is 0 Å². The minimum atomic E-state index is -4.17. The second kappa shape index (κ2) is 14.7. The standard InChI is InChI=1S/C30H36ClN3O5S/c1-4-19-32-30(36)27(5-2)33(20-18-23-12-8-6-9-13-23)29(35)22-34(24-16-17-28(39-3)26(31)21-24)40(37,38)25-14-10-7-11-15-25/h6-17,21,27H,4-5,18-20,22H2,1-3H3,(H,32,36)/t27-/m0/s1. The molecule has 1 atom stereocenters. The first kappa shape index (κ1) is 31.0. The highest BCUT2D eigenvalue weighted by Gasteiger charge is 2.33.